The molecule has 0 bridgehead atoms. The van der Waals surface area contributed by atoms with Crippen molar-refractivity contribution in [3.05, 3.63) is 35.4 Å². The summed E-state index contributed by atoms with van der Waals surface area (Å²) in [7, 11) is 1.87. The number of nitrogens with zero attached hydrogens (tertiary/aromatic N) is 1. The molecule has 1 rings (SSSR count). The molecule has 0 aliphatic carbocycles. The van der Waals surface area contributed by atoms with Gasteiger partial charge in [0.2, 0.25) is 5.91 Å². The number of amides is 1. The molecular weight excluding hydrogens is 280 g/mol. The van der Waals surface area contributed by atoms with E-state index in [1.807, 2.05) is 36.2 Å². The van der Waals surface area contributed by atoms with Gasteiger partial charge in [-0.1, -0.05) is 57.1 Å². The van der Waals surface area contributed by atoms with E-state index in [-0.39, 0.29) is 11.8 Å². The van der Waals surface area contributed by atoms with Gasteiger partial charge in [0, 0.05) is 25.1 Å². The molecule has 116 valence electrons. The molecule has 0 fully saturated rings. The third-order valence-electron chi connectivity index (χ3n) is 3.63. The molecule has 0 heterocycles. The predicted molar refractivity (Wildman–Crippen MR) is 92.1 cm³/mol. The zero-order chi connectivity index (χ0) is 15.8. The summed E-state index contributed by atoms with van der Waals surface area (Å²) in [6, 6.07) is 7.78. The lowest BCUT2D eigenvalue weighted by Crippen LogP contribution is -2.32. The molecule has 3 nitrogen and oxygen atoms in total. The molecule has 1 aromatic rings. The minimum absolute atomic E-state index is 0.142. The SMILES string of the molecule is CCCC(CCC)C(=O)N(C)Cc1cccc(C(N)=S)c1. The molecule has 0 atom stereocenters. The first kappa shape index (κ1) is 17.6. The van der Waals surface area contributed by atoms with Crippen LogP contribution in [0.25, 0.3) is 0 Å². The van der Waals surface area contributed by atoms with Crippen molar-refractivity contribution in [3.8, 4) is 0 Å². The first-order valence-corrected chi connectivity index (χ1v) is 8.04. The Morgan fingerprint density at radius 3 is 2.43 bits per heavy atom. The van der Waals surface area contributed by atoms with E-state index >= 15 is 0 Å². The Morgan fingerprint density at radius 2 is 1.90 bits per heavy atom. The van der Waals surface area contributed by atoms with Crippen LogP contribution in [0.1, 0.15) is 50.7 Å². The quantitative estimate of drug-likeness (QED) is 0.748. The summed E-state index contributed by atoms with van der Waals surface area (Å²) in [6.07, 6.45) is 4.01. The Morgan fingerprint density at radius 1 is 1.29 bits per heavy atom. The van der Waals surface area contributed by atoms with Crippen molar-refractivity contribution in [3.63, 3.8) is 0 Å². The van der Waals surface area contributed by atoms with Crippen LogP contribution in [0.5, 0.6) is 0 Å². The van der Waals surface area contributed by atoms with E-state index in [9.17, 15) is 4.79 Å². The molecule has 0 aliphatic rings. The highest BCUT2D eigenvalue weighted by molar-refractivity contribution is 7.80. The van der Waals surface area contributed by atoms with Crippen molar-refractivity contribution in [1.29, 1.82) is 0 Å². The Bertz CT molecular complexity index is 481. The molecule has 4 heteroatoms. The summed E-state index contributed by atoms with van der Waals surface area (Å²) in [5.74, 6) is 0.378. The summed E-state index contributed by atoms with van der Waals surface area (Å²) in [5, 5.41) is 0. The monoisotopic (exact) mass is 306 g/mol. The maximum absolute atomic E-state index is 12.5. The number of rotatable bonds is 8. The highest BCUT2D eigenvalue weighted by Crippen LogP contribution is 2.18. The van der Waals surface area contributed by atoms with Gasteiger partial charge in [0.15, 0.2) is 0 Å². The second kappa shape index (κ2) is 8.78. The molecule has 0 aliphatic heterocycles. The Kier molecular flexibility index (Phi) is 7.37. The fraction of sp³-hybridized carbons (Fsp3) is 0.529. The number of carbonyl (C=O) groups is 1. The van der Waals surface area contributed by atoms with E-state index in [4.69, 9.17) is 18.0 Å². The maximum Gasteiger partial charge on any atom is 0.225 e. The minimum Gasteiger partial charge on any atom is -0.389 e. The molecule has 2 N–H and O–H groups in total. The van der Waals surface area contributed by atoms with Crippen LogP contribution in [0.15, 0.2) is 24.3 Å². The highest BCUT2D eigenvalue weighted by Gasteiger charge is 2.20. The third kappa shape index (κ3) is 5.46. The molecule has 0 unspecified atom stereocenters. The van der Waals surface area contributed by atoms with Gasteiger partial charge in [-0.25, -0.2) is 0 Å². The minimum atomic E-state index is 0.142. The van der Waals surface area contributed by atoms with Crippen LogP contribution in [0.3, 0.4) is 0 Å². The average Bonchev–Trinajstić information content (AvgIpc) is 2.46. The number of hydrogen-bond acceptors (Lipinski definition) is 2. The topological polar surface area (TPSA) is 46.3 Å². The lowest BCUT2D eigenvalue weighted by atomic mass is 9.96. The normalized spacial score (nSPS) is 10.7. The molecule has 0 radical (unpaired) electrons. The van der Waals surface area contributed by atoms with Gasteiger partial charge in [0.05, 0.1) is 0 Å². The molecule has 0 saturated heterocycles. The fourth-order valence-electron chi connectivity index (χ4n) is 2.57. The number of nitrogens with two attached hydrogens (primary N) is 1. The summed E-state index contributed by atoms with van der Waals surface area (Å²) in [5.41, 5.74) is 7.56. The smallest absolute Gasteiger partial charge is 0.225 e. The van der Waals surface area contributed by atoms with E-state index in [1.165, 1.54) is 0 Å². The number of benzene rings is 1. The van der Waals surface area contributed by atoms with E-state index in [0.29, 0.717) is 11.5 Å². The van der Waals surface area contributed by atoms with Gasteiger partial charge in [-0.15, -0.1) is 0 Å². The zero-order valence-corrected chi connectivity index (χ0v) is 14.1. The van der Waals surface area contributed by atoms with Crippen LogP contribution in [0.4, 0.5) is 0 Å². The largest absolute Gasteiger partial charge is 0.389 e. The van der Waals surface area contributed by atoms with E-state index < -0.39 is 0 Å². The van der Waals surface area contributed by atoms with Gasteiger partial charge < -0.3 is 10.6 Å². The van der Waals surface area contributed by atoms with Gasteiger partial charge in [-0.05, 0) is 24.5 Å². The lowest BCUT2D eigenvalue weighted by Gasteiger charge is -2.23. The number of thiocarbonyl (C=S) groups is 1. The number of hydrogen-bond donors (Lipinski definition) is 1. The standard InChI is InChI=1S/C17H26N2OS/c1-4-7-14(8-5-2)17(20)19(3)12-13-9-6-10-15(11-13)16(18)21/h6,9-11,14H,4-5,7-8,12H2,1-3H3,(H2,18,21). The Balaban J connectivity index is 2.74. The van der Waals surface area contributed by atoms with Crippen LogP contribution in [-0.2, 0) is 11.3 Å². The summed E-state index contributed by atoms with van der Waals surface area (Å²) in [6.45, 7) is 4.85. The molecule has 1 amide bonds. The van der Waals surface area contributed by atoms with Crippen LogP contribution < -0.4 is 5.73 Å². The number of carbonyl (C=O) groups excluding carboxylic acids is 1. The van der Waals surface area contributed by atoms with E-state index in [2.05, 4.69) is 13.8 Å². The van der Waals surface area contributed by atoms with Gasteiger partial charge in [0.25, 0.3) is 0 Å². The van der Waals surface area contributed by atoms with E-state index in [1.54, 1.807) is 0 Å². The summed E-state index contributed by atoms with van der Waals surface area (Å²) in [4.78, 5) is 14.7. The Labute approximate surface area is 133 Å². The second-order valence-corrected chi connectivity index (χ2v) is 5.97. The first-order valence-electron chi connectivity index (χ1n) is 7.63. The molecule has 0 spiro atoms. The van der Waals surface area contributed by atoms with Crippen molar-refractivity contribution in [1.82, 2.24) is 4.90 Å². The second-order valence-electron chi connectivity index (χ2n) is 5.53. The van der Waals surface area contributed by atoms with Gasteiger partial charge in [-0.2, -0.15) is 0 Å². The third-order valence-corrected chi connectivity index (χ3v) is 3.87. The molecule has 0 saturated carbocycles. The lowest BCUT2D eigenvalue weighted by molar-refractivity contribution is -0.135. The molecule has 0 aromatic heterocycles. The molecular formula is C17H26N2OS. The van der Waals surface area contributed by atoms with E-state index in [0.717, 1.165) is 36.8 Å². The molecule has 21 heavy (non-hydrogen) atoms. The fourth-order valence-corrected chi connectivity index (χ4v) is 2.70. The maximum atomic E-state index is 12.5. The van der Waals surface area contributed by atoms with Crippen molar-refractivity contribution in [2.24, 2.45) is 11.7 Å². The van der Waals surface area contributed by atoms with Crippen LogP contribution in [0, 0.1) is 5.92 Å². The average molecular weight is 306 g/mol. The van der Waals surface area contributed by atoms with Crippen LogP contribution in [0.2, 0.25) is 0 Å². The van der Waals surface area contributed by atoms with Crippen LogP contribution >= 0.6 is 12.2 Å². The molecule has 1 aromatic carbocycles. The zero-order valence-electron chi connectivity index (χ0n) is 13.3. The predicted octanol–water partition coefficient (Wildman–Crippen LogP) is 3.50. The van der Waals surface area contributed by atoms with Gasteiger partial charge in [0.1, 0.15) is 4.99 Å². The van der Waals surface area contributed by atoms with Crippen LogP contribution in [-0.4, -0.2) is 22.8 Å². The van der Waals surface area contributed by atoms with Crippen molar-refractivity contribution in [2.45, 2.75) is 46.1 Å². The van der Waals surface area contributed by atoms with Gasteiger partial charge >= 0.3 is 0 Å². The summed E-state index contributed by atoms with van der Waals surface area (Å²) < 4.78 is 0. The van der Waals surface area contributed by atoms with Crippen molar-refractivity contribution < 1.29 is 4.79 Å². The van der Waals surface area contributed by atoms with Crippen molar-refractivity contribution >= 4 is 23.1 Å². The Hall–Kier alpha value is -1.42. The van der Waals surface area contributed by atoms with Gasteiger partial charge in [-0.3, -0.25) is 4.79 Å². The summed E-state index contributed by atoms with van der Waals surface area (Å²) >= 11 is 4.99. The van der Waals surface area contributed by atoms with Crippen molar-refractivity contribution in [2.75, 3.05) is 7.05 Å². The highest BCUT2D eigenvalue weighted by atomic mass is 32.1. The first-order chi connectivity index (χ1) is 9.99.